The van der Waals surface area contributed by atoms with Gasteiger partial charge in [-0.25, -0.2) is 0 Å². The van der Waals surface area contributed by atoms with Crippen LogP contribution in [0.15, 0.2) is 12.2 Å². The molecule has 0 aromatic rings. The maximum atomic E-state index is 13.3. The van der Waals surface area contributed by atoms with Crippen LogP contribution in [0, 0.1) is 0 Å². The third-order valence-electron chi connectivity index (χ3n) is 14.1. The molecule has 1 amide bonds. The van der Waals surface area contributed by atoms with Crippen molar-refractivity contribution < 1.29 is 89.4 Å². The van der Waals surface area contributed by atoms with Crippen LogP contribution >= 0.6 is 0 Å². The number of hydrogen-bond donors (Lipinski definition) is 12. The van der Waals surface area contributed by atoms with Gasteiger partial charge in [0.05, 0.1) is 38.6 Å². The first kappa shape index (κ1) is 63.8. The number of unbranched alkanes of at least 4 members (excludes halogenated alkanes) is 21. The number of aliphatic hydroxyl groups excluding tert-OH is 11. The molecule has 3 heterocycles. The van der Waals surface area contributed by atoms with Gasteiger partial charge in [0.15, 0.2) is 18.9 Å². The number of hydrogen-bond acceptors (Lipinski definition) is 18. The minimum Gasteiger partial charge on any atom is -0.394 e. The van der Waals surface area contributed by atoms with Crippen molar-refractivity contribution in [1.29, 1.82) is 0 Å². The Morgan fingerprint density at radius 1 is 0.493 bits per heavy atom. The molecule has 3 saturated heterocycles. The van der Waals surface area contributed by atoms with Crippen LogP contribution in [-0.4, -0.2) is 193 Å². The van der Waals surface area contributed by atoms with Crippen LogP contribution in [0.4, 0.5) is 0 Å². The Morgan fingerprint density at radius 2 is 0.887 bits per heavy atom. The van der Waals surface area contributed by atoms with E-state index in [1.165, 1.54) is 83.5 Å². The fourth-order valence-electron chi connectivity index (χ4n) is 9.48. The topological polar surface area (TPSA) is 307 Å². The predicted molar refractivity (Wildman–Crippen MR) is 263 cm³/mol. The van der Waals surface area contributed by atoms with Gasteiger partial charge in [-0.1, -0.05) is 148 Å². The zero-order valence-corrected chi connectivity index (χ0v) is 43.0. The molecule has 3 aliphatic rings. The summed E-state index contributed by atoms with van der Waals surface area (Å²) in [6, 6.07) is -0.885. The molecule has 0 aromatic heterocycles. The molecule has 3 rings (SSSR count). The SMILES string of the molecule is CCCCCCC/C=C\CCCCCCCC(=O)NC(COC1OC(CO)C(OC2OC(CO)C(OC3OC(CO)C(O)C(O)C3O)C(O)C2O)C(O)C1O)C(O)CCCCCCCCCCCCCC. The Labute approximate surface area is 423 Å². The van der Waals surface area contributed by atoms with E-state index >= 15 is 0 Å². The van der Waals surface area contributed by atoms with Gasteiger partial charge < -0.3 is 89.9 Å². The Bertz CT molecular complexity index is 1360. The smallest absolute Gasteiger partial charge is 0.220 e. The first-order valence-electron chi connectivity index (χ1n) is 27.4. The largest absolute Gasteiger partial charge is 0.394 e. The Balaban J connectivity index is 1.54. The highest BCUT2D eigenvalue weighted by Gasteiger charge is 2.53. The van der Waals surface area contributed by atoms with E-state index in [-0.39, 0.29) is 18.9 Å². The van der Waals surface area contributed by atoms with Gasteiger partial charge in [-0.3, -0.25) is 4.79 Å². The molecule has 0 radical (unpaired) electrons. The molecule has 0 aromatic carbocycles. The first-order valence-corrected chi connectivity index (χ1v) is 27.4. The van der Waals surface area contributed by atoms with E-state index in [1.54, 1.807) is 0 Å². The van der Waals surface area contributed by atoms with E-state index in [0.717, 1.165) is 64.2 Å². The number of carbonyl (C=O) groups is 1. The minimum atomic E-state index is -1.97. The van der Waals surface area contributed by atoms with E-state index < -0.39 is 124 Å². The van der Waals surface area contributed by atoms with E-state index in [1.807, 2.05) is 0 Å². The van der Waals surface area contributed by atoms with Gasteiger partial charge in [-0.05, 0) is 38.5 Å². The molecule has 71 heavy (non-hydrogen) atoms. The van der Waals surface area contributed by atoms with Crippen LogP contribution in [0.1, 0.15) is 181 Å². The highest BCUT2D eigenvalue weighted by molar-refractivity contribution is 5.76. The molecule has 0 bridgehead atoms. The summed E-state index contributed by atoms with van der Waals surface area (Å²) < 4.78 is 34.2. The minimum absolute atomic E-state index is 0.253. The van der Waals surface area contributed by atoms with Crippen molar-refractivity contribution in [2.45, 2.75) is 285 Å². The van der Waals surface area contributed by atoms with Gasteiger partial charge in [0.25, 0.3) is 0 Å². The van der Waals surface area contributed by atoms with Crippen LogP contribution in [0.25, 0.3) is 0 Å². The molecule has 19 heteroatoms. The highest BCUT2D eigenvalue weighted by Crippen LogP contribution is 2.33. The van der Waals surface area contributed by atoms with E-state index in [4.69, 9.17) is 28.4 Å². The molecule has 17 unspecified atom stereocenters. The quantitative estimate of drug-likeness (QED) is 0.0311. The molecule has 0 spiro atoms. The van der Waals surface area contributed by atoms with Crippen LogP contribution < -0.4 is 5.32 Å². The molecule has 19 nitrogen and oxygen atoms in total. The Morgan fingerprint density at radius 3 is 1.37 bits per heavy atom. The van der Waals surface area contributed by atoms with E-state index in [9.17, 15) is 61.0 Å². The van der Waals surface area contributed by atoms with Crippen molar-refractivity contribution in [2.75, 3.05) is 26.4 Å². The average Bonchev–Trinajstić information content (AvgIpc) is 3.36. The van der Waals surface area contributed by atoms with E-state index in [2.05, 4.69) is 31.3 Å². The molecule has 12 N–H and O–H groups in total. The van der Waals surface area contributed by atoms with Crippen molar-refractivity contribution in [3.63, 3.8) is 0 Å². The average molecular weight is 1020 g/mol. The van der Waals surface area contributed by atoms with Gasteiger partial charge >= 0.3 is 0 Å². The summed E-state index contributed by atoms with van der Waals surface area (Å²) in [5.74, 6) is -0.253. The van der Waals surface area contributed by atoms with Crippen LogP contribution in [0.5, 0.6) is 0 Å². The number of rotatable bonds is 39. The third-order valence-corrected chi connectivity index (χ3v) is 14.1. The number of allylic oxidation sites excluding steroid dienone is 2. The lowest BCUT2D eigenvalue weighted by atomic mass is 9.96. The zero-order chi connectivity index (χ0) is 52.0. The Kier molecular flexibility index (Phi) is 33.5. The van der Waals surface area contributed by atoms with Crippen molar-refractivity contribution in [1.82, 2.24) is 5.32 Å². The second-order valence-electron chi connectivity index (χ2n) is 20.0. The van der Waals surface area contributed by atoms with Gasteiger partial charge in [-0.2, -0.15) is 0 Å². The molecule has 17 atom stereocenters. The fourth-order valence-corrected chi connectivity index (χ4v) is 9.48. The second-order valence-corrected chi connectivity index (χ2v) is 20.0. The molecular formula is C52H97NO18. The lowest BCUT2D eigenvalue weighted by Crippen LogP contribution is -2.66. The standard InChI is InChI=1S/C52H97NO18/c1-3-5-7-9-11-13-15-17-18-20-22-24-26-28-30-40(58)53-35(36(57)29-27-25-23-21-19-16-14-12-10-8-6-4-2)34-66-50-46(64)43(61)48(38(32-55)68-50)71-52-47(65)44(62)49(39(33-56)69-52)70-51-45(63)42(60)41(59)37(31-54)67-51/h15,17,35-39,41-52,54-57,59-65H,3-14,16,18-34H2,1-2H3,(H,53,58)/b17-15-. The molecule has 418 valence electrons. The van der Waals surface area contributed by atoms with Crippen LogP contribution in [0.3, 0.4) is 0 Å². The van der Waals surface area contributed by atoms with Crippen LogP contribution in [-0.2, 0) is 33.2 Å². The molecular weight excluding hydrogens is 927 g/mol. The van der Waals surface area contributed by atoms with Gasteiger partial charge in [0.2, 0.25) is 5.91 Å². The number of carbonyl (C=O) groups excluding carboxylic acids is 1. The summed E-state index contributed by atoms with van der Waals surface area (Å²) in [7, 11) is 0. The van der Waals surface area contributed by atoms with Crippen molar-refractivity contribution in [2.24, 2.45) is 0 Å². The number of aliphatic hydroxyl groups is 11. The van der Waals surface area contributed by atoms with Gasteiger partial charge in [0, 0.05) is 6.42 Å². The maximum Gasteiger partial charge on any atom is 0.220 e. The summed E-state index contributed by atoms with van der Waals surface area (Å²) >= 11 is 0. The molecule has 0 saturated carbocycles. The molecule has 0 aliphatic carbocycles. The summed E-state index contributed by atoms with van der Waals surface area (Å²) in [4.78, 5) is 13.3. The third kappa shape index (κ3) is 22.7. The first-order chi connectivity index (χ1) is 34.3. The van der Waals surface area contributed by atoms with Crippen molar-refractivity contribution >= 4 is 5.91 Å². The van der Waals surface area contributed by atoms with Crippen molar-refractivity contribution in [3.05, 3.63) is 12.2 Å². The van der Waals surface area contributed by atoms with Gasteiger partial charge in [0.1, 0.15) is 73.2 Å². The lowest BCUT2D eigenvalue weighted by molar-refractivity contribution is -0.379. The van der Waals surface area contributed by atoms with Crippen LogP contribution in [0.2, 0.25) is 0 Å². The summed E-state index contributed by atoms with van der Waals surface area (Å²) in [6.45, 7) is 1.74. The number of amides is 1. The molecule has 3 fully saturated rings. The lowest BCUT2D eigenvalue weighted by Gasteiger charge is -2.48. The second kappa shape index (κ2) is 37.3. The highest BCUT2D eigenvalue weighted by atomic mass is 16.8. The van der Waals surface area contributed by atoms with Crippen molar-refractivity contribution in [3.8, 4) is 0 Å². The number of nitrogens with one attached hydrogen (secondary N) is 1. The zero-order valence-electron chi connectivity index (χ0n) is 43.0. The fraction of sp³-hybridized carbons (Fsp3) is 0.942. The Hall–Kier alpha value is -1.47. The van der Waals surface area contributed by atoms with E-state index in [0.29, 0.717) is 12.8 Å². The monoisotopic (exact) mass is 1020 g/mol. The summed E-state index contributed by atoms with van der Waals surface area (Å²) in [6.07, 6.45) is 5.95. The molecule has 3 aliphatic heterocycles. The predicted octanol–water partition coefficient (Wildman–Crippen LogP) is 3.04. The normalized spacial score (nSPS) is 32.3. The summed E-state index contributed by atoms with van der Waals surface area (Å²) in [5, 5.41) is 120. The summed E-state index contributed by atoms with van der Waals surface area (Å²) in [5.41, 5.74) is 0. The van der Waals surface area contributed by atoms with Gasteiger partial charge in [-0.15, -0.1) is 0 Å². The number of ether oxygens (including phenoxy) is 6. The maximum absolute atomic E-state index is 13.3.